The molecule has 0 saturated carbocycles. The number of hydrogen-bond donors (Lipinski definition) is 4. The number of phenols is 3. The van der Waals surface area contributed by atoms with Crippen molar-refractivity contribution in [1.82, 2.24) is 0 Å². The molecule has 0 bridgehead atoms. The van der Waals surface area contributed by atoms with Gasteiger partial charge in [0.05, 0.1) is 26.1 Å². The molecule has 36 heavy (non-hydrogen) atoms. The molecule has 4 aromatic rings. The maximum Gasteiger partial charge on any atom is 0.259 e. The lowest BCUT2D eigenvalue weighted by Crippen LogP contribution is -2.13. The highest BCUT2D eigenvalue weighted by Gasteiger charge is 2.23. The zero-order valence-electron chi connectivity index (χ0n) is 18.4. The SMILES string of the molecule is O=C(Nc1ccc(S(=O)(=O)c2ccc(Cl)cc2)cc1Cl)c1cc(Cc2ccccc2)c(O)c(O)c1O. The molecule has 4 N–H and O–H groups in total. The standard InChI is InChI=1S/C26H19Cl2NO6S/c27-17-6-8-18(9-7-17)36(34,35)19-10-11-22(21(28)14-19)29-26(33)20-13-16(23(30)25(32)24(20)31)12-15-4-2-1-3-5-15/h1-11,13-14,30-32H,12H2,(H,29,33). The number of nitrogens with one attached hydrogen (secondary N) is 1. The van der Waals surface area contributed by atoms with Crippen LogP contribution in [-0.4, -0.2) is 29.6 Å². The second-order valence-corrected chi connectivity index (χ2v) is 10.6. The van der Waals surface area contributed by atoms with Gasteiger partial charge in [-0.1, -0.05) is 53.5 Å². The van der Waals surface area contributed by atoms with Gasteiger partial charge in [-0.25, -0.2) is 8.42 Å². The van der Waals surface area contributed by atoms with E-state index in [0.29, 0.717) is 5.02 Å². The number of aromatic hydroxyl groups is 3. The lowest BCUT2D eigenvalue weighted by Gasteiger charge is -2.14. The highest BCUT2D eigenvalue weighted by atomic mass is 35.5. The molecule has 1 amide bonds. The predicted molar refractivity (Wildman–Crippen MR) is 137 cm³/mol. The first-order valence-electron chi connectivity index (χ1n) is 10.5. The molecule has 0 spiro atoms. The van der Waals surface area contributed by atoms with Crippen LogP contribution in [0.1, 0.15) is 21.5 Å². The van der Waals surface area contributed by atoms with E-state index in [-0.39, 0.29) is 38.0 Å². The molecule has 0 aromatic heterocycles. The molecule has 0 aliphatic heterocycles. The van der Waals surface area contributed by atoms with Crippen LogP contribution >= 0.6 is 23.2 Å². The van der Waals surface area contributed by atoms with Crippen LogP contribution in [0.25, 0.3) is 0 Å². The van der Waals surface area contributed by atoms with Crippen LogP contribution in [0.5, 0.6) is 17.2 Å². The Hall–Kier alpha value is -3.72. The largest absolute Gasteiger partial charge is 0.504 e. The highest BCUT2D eigenvalue weighted by molar-refractivity contribution is 7.91. The fraction of sp³-hybridized carbons (Fsp3) is 0.0385. The van der Waals surface area contributed by atoms with Crippen LogP contribution in [0.3, 0.4) is 0 Å². The number of hydrogen-bond acceptors (Lipinski definition) is 6. The van der Waals surface area contributed by atoms with Crippen molar-refractivity contribution in [2.75, 3.05) is 5.32 Å². The van der Waals surface area contributed by atoms with Crippen LogP contribution in [0, 0.1) is 0 Å². The summed E-state index contributed by atoms with van der Waals surface area (Å²) >= 11 is 12.1. The lowest BCUT2D eigenvalue weighted by molar-refractivity contribution is 0.102. The van der Waals surface area contributed by atoms with E-state index in [2.05, 4.69) is 5.32 Å². The minimum absolute atomic E-state index is 0.0233. The zero-order chi connectivity index (χ0) is 26.0. The van der Waals surface area contributed by atoms with E-state index >= 15 is 0 Å². The van der Waals surface area contributed by atoms with Gasteiger partial charge in [-0.3, -0.25) is 4.79 Å². The second kappa shape index (κ2) is 10.1. The summed E-state index contributed by atoms with van der Waals surface area (Å²) in [5.41, 5.74) is 0.806. The summed E-state index contributed by atoms with van der Waals surface area (Å²) in [4.78, 5) is 12.9. The Labute approximate surface area is 217 Å². The number of carbonyl (C=O) groups excluding carboxylic acids is 1. The second-order valence-electron chi connectivity index (χ2n) is 7.84. The van der Waals surface area contributed by atoms with E-state index in [1.54, 1.807) is 12.1 Å². The van der Waals surface area contributed by atoms with E-state index in [4.69, 9.17) is 23.2 Å². The van der Waals surface area contributed by atoms with Gasteiger partial charge in [-0.2, -0.15) is 0 Å². The maximum atomic E-state index is 12.9. The van der Waals surface area contributed by atoms with Crippen molar-refractivity contribution in [1.29, 1.82) is 0 Å². The summed E-state index contributed by atoms with van der Waals surface area (Å²) in [6, 6.07) is 19.7. The molecule has 4 aromatic carbocycles. The third-order valence-electron chi connectivity index (χ3n) is 5.43. The Kier molecular flexibility index (Phi) is 7.12. The summed E-state index contributed by atoms with van der Waals surface area (Å²) in [5, 5.41) is 33.6. The normalized spacial score (nSPS) is 11.3. The summed E-state index contributed by atoms with van der Waals surface area (Å²) in [7, 11) is -3.88. The lowest BCUT2D eigenvalue weighted by atomic mass is 10.00. The Morgan fingerprint density at radius 2 is 1.42 bits per heavy atom. The van der Waals surface area contributed by atoms with Gasteiger partial charge >= 0.3 is 0 Å². The van der Waals surface area contributed by atoms with E-state index in [9.17, 15) is 28.5 Å². The molecule has 0 aliphatic rings. The van der Waals surface area contributed by atoms with Gasteiger partial charge in [0.2, 0.25) is 15.6 Å². The third-order valence-corrected chi connectivity index (χ3v) is 7.76. The number of amides is 1. The summed E-state index contributed by atoms with van der Waals surface area (Å²) in [5.74, 6) is -3.00. The third kappa shape index (κ3) is 5.11. The van der Waals surface area contributed by atoms with Crippen molar-refractivity contribution in [3.63, 3.8) is 0 Å². The Balaban J connectivity index is 1.62. The van der Waals surface area contributed by atoms with E-state index < -0.39 is 33.0 Å². The smallest absolute Gasteiger partial charge is 0.259 e. The monoisotopic (exact) mass is 543 g/mol. The fourth-order valence-corrected chi connectivity index (χ4v) is 5.24. The van der Waals surface area contributed by atoms with Crippen molar-refractivity contribution in [2.45, 2.75) is 16.2 Å². The molecule has 0 saturated heterocycles. The van der Waals surface area contributed by atoms with Crippen LogP contribution in [-0.2, 0) is 16.3 Å². The van der Waals surface area contributed by atoms with Crippen LogP contribution < -0.4 is 5.32 Å². The van der Waals surface area contributed by atoms with Crippen molar-refractivity contribution in [2.24, 2.45) is 0 Å². The molecule has 0 atom stereocenters. The Morgan fingerprint density at radius 1 is 0.778 bits per heavy atom. The number of anilines is 1. The summed E-state index contributed by atoms with van der Waals surface area (Å²) < 4.78 is 25.8. The van der Waals surface area contributed by atoms with Gasteiger partial charge < -0.3 is 20.6 Å². The first-order valence-corrected chi connectivity index (χ1v) is 12.7. The van der Waals surface area contributed by atoms with Crippen molar-refractivity contribution in [3.8, 4) is 17.2 Å². The molecule has 0 aliphatic carbocycles. The maximum absolute atomic E-state index is 12.9. The van der Waals surface area contributed by atoms with Gasteiger partial charge in [-0.15, -0.1) is 0 Å². The first-order chi connectivity index (χ1) is 17.1. The van der Waals surface area contributed by atoms with Crippen LogP contribution in [0.15, 0.2) is 88.7 Å². The average Bonchev–Trinajstić information content (AvgIpc) is 2.86. The zero-order valence-corrected chi connectivity index (χ0v) is 20.8. The highest BCUT2D eigenvalue weighted by Crippen LogP contribution is 2.41. The molecular formula is C26H19Cl2NO6S. The van der Waals surface area contributed by atoms with Gasteiger partial charge in [0.1, 0.15) is 0 Å². The topological polar surface area (TPSA) is 124 Å². The molecule has 0 fully saturated rings. The van der Waals surface area contributed by atoms with E-state index in [1.165, 1.54) is 48.5 Å². The van der Waals surface area contributed by atoms with E-state index in [1.807, 2.05) is 18.2 Å². The Morgan fingerprint density at radius 3 is 2.06 bits per heavy atom. The van der Waals surface area contributed by atoms with Crippen molar-refractivity contribution < 1.29 is 28.5 Å². The molecule has 0 radical (unpaired) electrons. The minimum atomic E-state index is -3.88. The molecule has 4 rings (SSSR count). The van der Waals surface area contributed by atoms with Crippen LogP contribution in [0.2, 0.25) is 10.0 Å². The van der Waals surface area contributed by atoms with Gasteiger partial charge in [0.25, 0.3) is 5.91 Å². The molecule has 10 heteroatoms. The number of sulfone groups is 1. The number of benzene rings is 4. The molecule has 7 nitrogen and oxygen atoms in total. The van der Waals surface area contributed by atoms with Gasteiger partial charge in [0.15, 0.2) is 11.5 Å². The molecule has 184 valence electrons. The predicted octanol–water partition coefficient (Wildman–Crippen LogP) is 5.79. The van der Waals surface area contributed by atoms with Crippen LogP contribution in [0.4, 0.5) is 5.69 Å². The summed E-state index contributed by atoms with van der Waals surface area (Å²) in [6.45, 7) is 0. The quantitative estimate of drug-likeness (QED) is 0.228. The number of halogens is 2. The summed E-state index contributed by atoms with van der Waals surface area (Å²) in [6.07, 6.45) is 0.193. The van der Waals surface area contributed by atoms with Gasteiger partial charge in [-0.05, 0) is 54.1 Å². The minimum Gasteiger partial charge on any atom is -0.504 e. The molecule has 0 heterocycles. The number of rotatable bonds is 6. The number of phenolic OH excluding ortho intramolecular Hbond substituents is 3. The molecule has 0 unspecified atom stereocenters. The van der Waals surface area contributed by atoms with Crippen molar-refractivity contribution in [3.05, 3.63) is 106 Å². The fourth-order valence-electron chi connectivity index (χ4n) is 3.53. The van der Waals surface area contributed by atoms with Gasteiger partial charge in [0, 0.05) is 17.0 Å². The van der Waals surface area contributed by atoms with Crippen molar-refractivity contribution >= 4 is 44.6 Å². The first kappa shape index (κ1) is 25.4. The molecular weight excluding hydrogens is 525 g/mol. The average molecular weight is 544 g/mol. The van der Waals surface area contributed by atoms with E-state index in [0.717, 1.165) is 5.56 Å². The number of carbonyl (C=O) groups is 1. The Bertz CT molecular complexity index is 1560.